The van der Waals surface area contributed by atoms with Crippen LogP contribution in [-0.2, 0) is 0 Å². The molecule has 0 saturated heterocycles. The number of rotatable bonds is 3. The fourth-order valence-corrected chi connectivity index (χ4v) is 2.52. The second-order valence-electron chi connectivity index (χ2n) is 4.37. The summed E-state index contributed by atoms with van der Waals surface area (Å²) in [5.41, 5.74) is 1.80. The minimum absolute atomic E-state index is 0.354. The van der Waals surface area contributed by atoms with Crippen molar-refractivity contribution in [2.75, 3.05) is 5.32 Å². The molecule has 0 aliphatic carbocycles. The predicted molar refractivity (Wildman–Crippen MR) is 73.9 cm³/mol. The van der Waals surface area contributed by atoms with E-state index in [4.69, 9.17) is 4.42 Å². The van der Waals surface area contributed by atoms with Crippen molar-refractivity contribution in [3.05, 3.63) is 30.5 Å². The van der Waals surface area contributed by atoms with Crippen LogP contribution in [0.2, 0.25) is 0 Å². The van der Waals surface area contributed by atoms with Crippen molar-refractivity contribution in [1.82, 2.24) is 9.36 Å². The molecule has 0 radical (unpaired) electrons. The third kappa shape index (κ3) is 1.97. The quantitative estimate of drug-likeness (QED) is 0.777. The minimum Gasteiger partial charge on any atom is -0.464 e. The van der Waals surface area contributed by atoms with Crippen LogP contribution in [0.3, 0.4) is 0 Å². The standard InChI is InChI=1S/C13H13N3OS/c1-8(2)14-13-15-12(16-18-13)10-7-17-11-6-4-3-5-9(10)11/h3-8H,1-2H3,(H,14,15,16). The zero-order valence-corrected chi connectivity index (χ0v) is 11.0. The van der Waals surface area contributed by atoms with Crippen molar-refractivity contribution >= 4 is 27.6 Å². The summed E-state index contributed by atoms with van der Waals surface area (Å²) < 4.78 is 9.87. The molecular formula is C13H13N3OS. The van der Waals surface area contributed by atoms with Crippen molar-refractivity contribution in [2.24, 2.45) is 0 Å². The molecule has 5 heteroatoms. The molecule has 2 heterocycles. The van der Waals surface area contributed by atoms with Crippen molar-refractivity contribution < 1.29 is 4.42 Å². The molecule has 0 spiro atoms. The van der Waals surface area contributed by atoms with Crippen LogP contribution in [0.4, 0.5) is 5.13 Å². The second-order valence-corrected chi connectivity index (χ2v) is 5.12. The van der Waals surface area contributed by atoms with Gasteiger partial charge in [-0.25, -0.2) is 0 Å². The van der Waals surface area contributed by atoms with Gasteiger partial charge in [0.25, 0.3) is 0 Å². The first-order valence-corrected chi connectivity index (χ1v) is 6.58. The third-order valence-corrected chi connectivity index (χ3v) is 3.21. The number of fused-ring (bicyclic) bond motifs is 1. The zero-order valence-electron chi connectivity index (χ0n) is 10.2. The summed E-state index contributed by atoms with van der Waals surface area (Å²) in [6, 6.07) is 8.26. The number of hydrogen-bond acceptors (Lipinski definition) is 5. The highest BCUT2D eigenvalue weighted by molar-refractivity contribution is 7.09. The number of para-hydroxylation sites is 1. The van der Waals surface area contributed by atoms with Gasteiger partial charge in [-0.3, -0.25) is 0 Å². The Hall–Kier alpha value is -1.88. The largest absolute Gasteiger partial charge is 0.464 e. The lowest BCUT2D eigenvalue weighted by Gasteiger charge is -2.03. The monoisotopic (exact) mass is 259 g/mol. The van der Waals surface area contributed by atoms with Gasteiger partial charge in [-0.2, -0.15) is 9.36 Å². The molecule has 1 aromatic carbocycles. The third-order valence-electron chi connectivity index (χ3n) is 2.56. The van der Waals surface area contributed by atoms with Gasteiger partial charge < -0.3 is 9.73 Å². The number of anilines is 1. The fraction of sp³-hybridized carbons (Fsp3) is 0.231. The van der Waals surface area contributed by atoms with E-state index in [0.29, 0.717) is 11.9 Å². The van der Waals surface area contributed by atoms with Gasteiger partial charge in [-0.05, 0) is 19.9 Å². The molecule has 3 rings (SSSR count). The molecule has 1 N–H and O–H groups in total. The van der Waals surface area contributed by atoms with Crippen molar-refractivity contribution in [3.63, 3.8) is 0 Å². The Balaban J connectivity index is 2.01. The Bertz CT molecular complexity index is 671. The first-order valence-electron chi connectivity index (χ1n) is 5.81. The van der Waals surface area contributed by atoms with E-state index in [0.717, 1.165) is 21.7 Å². The first kappa shape index (κ1) is 11.2. The lowest BCUT2D eigenvalue weighted by Crippen LogP contribution is -2.08. The molecule has 0 aliphatic heterocycles. The maximum absolute atomic E-state index is 5.50. The molecule has 2 aromatic heterocycles. The van der Waals surface area contributed by atoms with Gasteiger partial charge in [-0.1, -0.05) is 18.2 Å². The Morgan fingerprint density at radius 3 is 2.94 bits per heavy atom. The highest BCUT2D eigenvalue weighted by Crippen LogP contribution is 2.30. The van der Waals surface area contributed by atoms with Gasteiger partial charge in [-0.15, -0.1) is 0 Å². The molecule has 18 heavy (non-hydrogen) atoms. The fourth-order valence-electron chi connectivity index (χ4n) is 1.79. The van der Waals surface area contributed by atoms with E-state index in [-0.39, 0.29) is 0 Å². The van der Waals surface area contributed by atoms with Crippen molar-refractivity contribution in [1.29, 1.82) is 0 Å². The van der Waals surface area contributed by atoms with Crippen LogP contribution >= 0.6 is 11.5 Å². The summed E-state index contributed by atoms with van der Waals surface area (Å²) in [7, 11) is 0. The van der Waals surface area contributed by atoms with Gasteiger partial charge in [0.05, 0.1) is 5.56 Å². The average molecular weight is 259 g/mol. The highest BCUT2D eigenvalue weighted by Gasteiger charge is 2.12. The van der Waals surface area contributed by atoms with Crippen molar-refractivity contribution in [2.45, 2.75) is 19.9 Å². The van der Waals surface area contributed by atoms with E-state index in [9.17, 15) is 0 Å². The molecular weight excluding hydrogens is 246 g/mol. The zero-order chi connectivity index (χ0) is 12.5. The summed E-state index contributed by atoms with van der Waals surface area (Å²) in [5, 5.41) is 5.14. The van der Waals surface area contributed by atoms with Crippen LogP contribution in [0.15, 0.2) is 34.9 Å². The van der Waals surface area contributed by atoms with E-state index in [2.05, 4.69) is 28.5 Å². The van der Waals surface area contributed by atoms with E-state index in [1.807, 2.05) is 24.3 Å². The Morgan fingerprint density at radius 1 is 1.28 bits per heavy atom. The maximum Gasteiger partial charge on any atom is 0.203 e. The van der Waals surface area contributed by atoms with E-state index in [1.54, 1.807) is 6.26 Å². The number of aromatic nitrogens is 2. The molecule has 0 aliphatic rings. The average Bonchev–Trinajstić information content (AvgIpc) is 2.94. The summed E-state index contributed by atoms with van der Waals surface area (Å²) in [6.45, 7) is 4.16. The van der Waals surface area contributed by atoms with Gasteiger partial charge in [0.15, 0.2) is 5.82 Å². The van der Waals surface area contributed by atoms with Gasteiger partial charge in [0, 0.05) is 23.0 Å². The van der Waals surface area contributed by atoms with Crippen LogP contribution in [-0.4, -0.2) is 15.4 Å². The number of furan rings is 1. The molecule has 0 unspecified atom stereocenters. The second kappa shape index (κ2) is 4.42. The van der Waals surface area contributed by atoms with Crippen LogP contribution in [0.25, 0.3) is 22.4 Å². The van der Waals surface area contributed by atoms with Gasteiger partial charge in [0.2, 0.25) is 5.13 Å². The first-order chi connectivity index (χ1) is 8.74. The Kier molecular flexibility index (Phi) is 2.76. The normalized spacial score (nSPS) is 11.3. The van der Waals surface area contributed by atoms with E-state index >= 15 is 0 Å². The maximum atomic E-state index is 5.50. The summed E-state index contributed by atoms with van der Waals surface area (Å²) in [5.74, 6) is 0.716. The SMILES string of the molecule is CC(C)Nc1nc(-c2coc3ccccc23)ns1. The van der Waals surface area contributed by atoms with E-state index in [1.165, 1.54) is 11.5 Å². The van der Waals surface area contributed by atoms with Gasteiger partial charge in [0.1, 0.15) is 11.8 Å². The van der Waals surface area contributed by atoms with Crippen molar-refractivity contribution in [3.8, 4) is 11.4 Å². The summed E-state index contributed by atoms with van der Waals surface area (Å²) in [6.07, 6.45) is 1.71. The molecule has 4 nitrogen and oxygen atoms in total. The molecule has 0 atom stereocenters. The Labute approximate surface area is 109 Å². The highest BCUT2D eigenvalue weighted by atomic mass is 32.1. The number of nitrogens with one attached hydrogen (secondary N) is 1. The van der Waals surface area contributed by atoms with Crippen LogP contribution in [0, 0.1) is 0 Å². The number of nitrogens with zero attached hydrogens (tertiary/aromatic N) is 2. The molecule has 0 fully saturated rings. The van der Waals surface area contributed by atoms with Gasteiger partial charge >= 0.3 is 0 Å². The Morgan fingerprint density at radius 2 is 2.11 bits per heavy atom. The number of benzene rings is 1. The molecule has 0 saturated carbocycles. The molecule has 0 amide bonds. The predicted octanol–water partition coefficient (Wildman–Crippen LogP) is 3.77. The summed E-state index contributed by atoms with van der Waals surface area (Å²) in [4.78, 5) is 4.48. The molecule has 0 bridgehead atoms. The lowest BCUT2D eigenvalue weighted by atomic mass is 10.2. The summed E-state index contributed by atoms with van der Waals surface area (Å²) >= 11 is 1.37. The smallest absolute Gasteiger partial charge is 0.203 e. The lowest BCUT2D eigenvalue weighted by molar-refractivity contribution is 0.616. The van der Waals surface area contributed by atoms with Crippen LogP contribution in [0.5, 0.6) is 0 Å². The topological polar surface area (TPSA) is 51.0 Å². The number of hydrogen-bond donors (Lipinski definition) is 1. The van der Waals surface area contributed by atoms with Crippen LogP contribution < -0.4 is 5.32 Å². The van der Waals surface area contributed by atoms with E-state index < -0.39 is 0 Å². The molecule has 3 aromatic rings. The molecule has 92 valence electrons. The minimum atomic E-state index is 0.354. The van der Waals surface area contributed by atoms with Crippen LogP contribution in [0.1, 0.15) is 13.8 Å².